The second-order valence-electron chi connectivity index (χ2n) is 6.75. The van der Waals surface area contributed by atoms with E-state index in [0.717, 1.165) is 5.56 Å². The van der Waals surface area contributed by atoms with Crippen molar-refractivity contribution in [3.8, 4) is 11.5 Å². The van der Waals surface area contributed by atoms with Gasteiger partial charge >= 0.3 is 0 Å². The number of aromatic amines is 1. The molecule has 154 valence electrons. The summed E-state index contributed by atoms with van der Waals surface area (Å²) >= 11 is 7.51. The molecule has 0 aliphatic carbocycles. The standard InChI is InChI=1S/C21H18ClN3O4S/c1-29-16-7-6-11(8-15(16)26)13-9-17(27)23-19-18(13)20(28)25-21(24-19)30-10-12-4-2-3-5-14(12)22/h2-8,13,26H,9-10H2,1H3,(H2,23,24,25,27,28). The van der Waals surface area contributed by atoms with E-state index in [1.165, 1.54) is 24.9 Å². The van der Waals surface area contributed by atoms with Gasteiger partial charge < -0.3 is 20.1 Å². The third-order valence-corrected chi connectivity index (χ3v) is 6.15. The molecule has 4 rings (SSSR count). The average molecular weight is 444 g/mol. The van der Waals surface area contributed by atoms with Crippen LogP contribution in [0.2, 0.25) is 5.02 Å². The number of ether oxygens (including phenoxy) is 1. The Bertz CT molecular complexity index is 1180. The van der Waals surface area contributed by atoms with Gasteiger partial charge in [-0.25, -0.2) is 4.98 Å². The van der Waals surface area contributed by atoms with Crippen molar-refractivity contribution in [1.29, 1.82) is 0 Å². The van der Waals surface area contributed by atoms with Gasteiger partial charge in [0.2, 0.25) is 5.91 Å². The van der Waals surface area contributed by atoms with E-state index in [0.29, 0.717) is 32.8 Å². The highest BCUT2D eigenvalue weighted by Crippen LogP contribution is 2.38. The summed E-state index contributed by atoms with van der Waals surface area (Å²) in [5.41, 5.74) is 1.58. The Labute approximate surface area is 181 Å². The molecule has 1 amide bonds. The number of fused-ring (bicyclic) bond motifs is 1. The van der Waals surface area contributed by atoms with Gasteiger partial charge in [0.25, 0.3) is 5.56 Å². The number of hydrogen-bond acceptors (Lipinski definition) is 6. The molecule has 0 saturated carbocycles. The van der Waals surface area contributed by atoms with Gasteiger partial charge in [0, 0.05) is 23.1 Å². The highest BCUT2D eigenvalue weighted by molar-refractivity contribution is 7.98. The maximum absolute atomic E-state index is 12.9. The minimum atomic E-state index is -0.524. The quantitative estimate of drug-likeness (QED) is 0.408. The van der Waals surface area contributed by atoms with Crippen molar-refractivity contribution < 1.29 is 14.6 Å². The zero-order chi connectivity index (χ0) is 21.3. The van der Waals surface area contributed by atoms with E-state index in [9.17, 15) is 14.7 Å². The fourth-order valence-electron chi connectivity index (χ4n) is 3.39. The zero-order valence-electron chi connectivity index (χ0n) is 15.9. The first-order chi connectivity index (χ1) is 14.5. The number of benzene rings is 2. The molecule has 0 fully saturated rings. The van der Waals surface area contributed by atoms with Crippen molar-refractivity contribution >= 4 is 35.1 Å². The lowest BCUT2D eigenvalue weighted by molar-refractivity contribution is -0.116. The number of thioether (sulfide) groups is 1. The molecular weight excluding hydrogens is 426 g/mol. The van der Waals surface area contributed by atoms with Crippen LogP contribution in [0, 0.1) is 0 Å². The number of nitrogens with zero attached hydrogens (tertiary/aromatic N) is 1. The molecule has 1 aliphatic rings. The summed E-state index contributed by atoms with van der Waals surface area (Å²) < 4.78 is 5.07. The molecule has 7 nitrogen and oxygen atoms in total. The summed E-state index contributed by atoms with van der Waals surface area (Å²) in [6.07, 6.45) is 0.0790. The second kappa shape index (κ2) is 8.41. The van der Waals surface area contributed by atoms with Gasteiger partial charge in [0.15, 0.2) is 16.7 Å². The van der Waals surface area contributed by atoms with E-state index in [-0.39, 0.29) is 29.5 Å². The van der Waals surface area contributed by atoms with Gasteiger partial charge in [0.1, 0.15) is 5.82 Å². The fourth-order valence-corrected chi connectivity index (χ4v) is 4.54. The van der Waals surface area contributed by atoms with Crippen LogP contribution in [0.15, 0.2) is 52.4 Å². The summed E-state index contributed by atoms with van der Waals surface area (Å²) in [7, 11) is 1.45. The number of methoxy groups -OCH3 is 1. The Balaban J connectivity index is 1.67. The molecule has 1 aliphatic heterocycles. The molecule has 0 radical (unpaired) electrons. The first-order valence-electron chi connectivity index (χ1n) is 9.13. The molecule has 1 aromatic heterocycles. The number of phenolic OH excluding ortho intramolecular Hbond substituents is 1. The van der Waals surface area contributed by atoms with E-state index in [2.05, 4.69) is 15.3 Å². The average Bonchev–Trinajstić information content (AvgIpc) is 2.72. The Morgan fingerprint density at radius 1 is 1.27 bits per heavy atom. The lowest BCUT2D eigenvalue weighted by Gasteiger charge is -2.24. The largest absolute Gasteiger partial charge is 0.504 e. The normalized spacial score (nSPS) is 15.4. The van der Waals surface area contributed by atoms with Gasteiger partial charge in [-0.15, -0.1) is 0 Å². The van der Waals surface area contributed by atoms with Gasteiger partial charge in [-0.05, 0) is 29.3 Å². The molecule has 2 aromatic carbocycles. The highest BCUT2D eigenvalue weighted by Gasteiger charge is 2.31. The summed E-state index contributed by atoms with van der Waals surface area (Å²) in [5, 5.41) is 13.8. The number of aromatic hydroxyl groups is 1. The molecule has 9 heteroatoms. The zero-order valence-corrected chi connectivity index (χ0v) is 17.5. The number of carbonyl (C=O) groups is 1. The predicted molar refractivity (Wildman–Crippen MR) is 116 cm³/mol. The molecule has 30 heavy (non-hydrogen) atoms. The van der Waals surface area contributed by atoms with Crippen LogP contribution in [-0.2, 0) is 10.5 Å². The van der Waals surface area contributed by atoms with Crippen LogP contribution >= 0.6 is 23.4 Å². The van der Waals surface area contributed by atoms with Gasteiger partial charge in [-0.3, -0.25) is 9.59 Å². The van der Waals surface area contributed by atoms with E-state index in [1.807, 2.05) is 18.2 Å². The maximum atomic E-state index is 12.9. The summed E-state index contributed by atoms with van der Waals surface area (Å²) in [6, 6.07) is 12.3. The van der Waals surface area contributed by atoms with Crippen molar-refractivity contribution in [2.45, 2.75) is 23.2 Å². The Kier molecular flexibility index (Phi) is 5.69. The number of H-pyrrole nitrogens is 1. The van der Waals surface area contributed by atoms with Crippen LogP contribution in [0.1, 0.15) is 29.0 Å². The first-order valence-corrected chi connectivity index (χ1v) is 10.5. The van der Waals surface area contributed by atoms with Crippen molar-refractivity contribution in [1.82, 2.24) is 9.97 Å². The van der Waals surface area contributed by atoms with Crippen molar-refractivity contribution in [2.24, 2.45) is 0 Å². The van der Waals surface area contributed by atoms with E-state index in [1.54, 1.807) is 18.2 Å². The van der Waals surface area contributed by atoms with Crippen LogP contribution in [0.5, 0.6) is 11.5 Å². The summed E-state index contributed by atoms with van der Waals surface area (Å²) in [6.45, 7) is 0. The predicted octanol–water partition coefficient (Wildman–Crippen LogP) is 3.90. The Morgan fingerprint density at radius 3 is 2.80 bits per heavy atom. The van der Waals surface area contributed by atoms with E-state index < -0.39 is 5.92 Å². The van der Waals surface area contributed by atoms with Crippen LogP contribution in [0.4, 0.5) is 5.82 Å². The molecule has 2 heterocycles. The number of halogens is 1. The van der Waals surface area contributed by atoms with E-state index >= 15 is 0 Å². The number of amides is 1. The first kappa shape index (κ1) is 20.3. The van der Waals surface area contributed by atoms with Crippen LogP contribution in [0.3, 0.4) is 0 Å². The molecule has 3 N–H and O–H groups in total. The minimum Gasteiger partial charge on any atom is -0.504 e. The third-order valence-electron chi connectivity index (χ3n) is 4.86. The molecule has 3 aromatic rings. The molecule has 1 atom stereocenters. The fraction of sp³-hybridized carbons (Fsp3) is 0.190. The Morgan fingerprint density at radius 2 is 2.07 bits per heavy atom. The lowest BCUT2D eigenvalue weighted by atomic mass is 9.86. The van der Waals surface area contributed by atoms with Crippen LogP contribution < -0.4 is 15.6 Å². The minimum absolute atomic E-state index is 0.0566. The van der Waals surface area contributed by atoms with Crippen molar-refractivity contribution in [3.63, 3.8) is 0 Å². The molecular formula is C21H18ClN3O4S. The summed E-state index contributed by atoms with van der Waals surface area (Å²) in [4.78, 5) is 32.4. The molecule has 0 saturated heterocycles. The lowest BCUT2D eigenvalue weighted by Crippen LogP contribution is -2.31. The second-order valence-corrected chi connectivity index (χ2v) is 8.12. The number of rotatable bonds is 5. The van der Waals surface area contributed by atoms with Gasteiger partial charge in [-0.1, -0.05) is 47.6 Å². The molecule has 1 unspecified atom stereocenters. The molecule has 0 bridgehead atoms. The smallest absolute Gasteiger partial charge is 0.257 e. The third kappa shape index (κ3) is 4.01. The maximum Gasteiger partial charge on any atom is 0.257 e. The number of anilines is 1. The number of carbonyl (C=O) groups excluding carboxylic acids is 1. The van der Waals surface area contributed by atoms with E-state index in [4.69, 9.17) is 16.3 Å². The molecule has 0 spiro atoms. The monoisotopic (exact) mass is 443 g/mol. The number of aromatic nitrogens is 2. The van der Waals surface area contributed by atoms with Crippen molar-refractivity contribution in [2.75, 3.05) is 12.4 Å². The van der Waals surface area contributed by atoms with Crippen LogP contribution in [0.25, 0.3) is 0 Å². The highest BCUT2D eigenvalue weighted by atomic mass is 35.5. The number of phenols is 1. The summed E-state index contributed by atoms with van der Waals surface area (Å²) in [5.74, 6) is 0.242. The number of hydrogen-bond donors (Lipinski definition) is 3. The van der Waals surface area contributed by atoms with Gasteiger partial charge in [0.05, 0.1) is 12.7 Å². The van der Waals surface area contributed by atoms with Gasteiger partial charge in [-0.2, -0.15) is 0 Å². The van der Waals surface area contributed by atoms with Crippen molar-refractivity contribution in [3.05, 3.63) is 74.5 Å². The Hall–Kier alpha value is -2.97. The van der Waals surface area contributed by atoms with Crippen LogP contribution in [-0.4, -0.2) is 28.1 Å². The topological polar surface area (TPSA) is 104 Å². The SMILES string of the molecule is COc1ccc(C2CC(=O)Nc3nc(SCc4ccccc4Cl)[nH]c(=O)c32)cc1O. The number of nitrogens with one attached hydrogen (secondary N) is 2.